The zero-order chi connectivity index (χ0) is 18.5. The van der Waals surface area contributed by atoms with Gasteiger partial charge in [0.25, 0.3) is 6.71 Å². The Kier molecular flexibility index (Phi) is 3.99. The molecule has 5 nitrogen and oxygen atoms in total. The molecule has 1 fully saturated rings. The summed E-state index contributed by atoms with van der Waals surface area (Å²) in [4.78, 5) is 7.02. The fourth-order valence-corrected chi connectivity index (χ4v) is 5.24. The first kappa shape index (κ1) is 16.8. The van der Waals surface area contributed by atoms with E-state index < -0.39 is 0 Å². The Hall–Kier alpha value is -2.30. The minimum absolute atomic E-state index is 0.226. The third-order valence-corrected chi connectivity index (χ3v) is 6.80. The van der Waals surface area contributed by atoms with Gasteiger partial charge in [-0.1, -0.05) is 48.4 Å². The molecule has 4 heterocycles. The van der Waals surface area contributed by atoms with E-state index in [1.54, 1.807) is 16.0 Å². The lowest BCUT2D eigenvalue weighted by atomic mass is 9.41. The van der Waals surface area contributed by atoms with Gasteiger partial charge in [-0.3, -0.25) is 9.08 Å². The Balaban J connectivity index is 1.46. The van der Waals surface area contributed by atoms with Crippen molar-refractivity contribution >= 4 is 45.5 Å². The van der Waals surface area contributed by atoms with Gasteiger partial charge in [0.2, 0.25) is 0 Å². The van der Waals surface area contributed by atoms with Crippen molar-refractivity contribution in [3.63, 3.8) is 0 Å². The summed E-state index contributed by atoms with van der Waals surface area (Å²) in [5.74, 6) is 2.88. The number of fused-ring (bicyclic) bond motifs is 2. The van der Waals surface area contributed by atoms with Crippen molar-refractivity contribution < 1.29 is 0 Å². The highest BCUT2D eigenvalue weighted by Gasteiger charge is 2.27. The molecule has 0 radical (unpaired) electrons. The lowest BCUT2D eigenvalue weighted by Gasteiger charge is -2.21. The molecule has 27 heavy (non-hydrogen) atoms. The summed E-state index contributed by atoms with van der Waals surface area (Å²) in [7, 11) is 1.90. The number of aryl methyl sites for hydroxylation is 1. The maximum atomic E-state index is 9.07. The van der Waals surface area contributed by atoms with Crippen LogP contribution >= 0.6 is 22.9 Å². The predicted octanol–water partition coefficient (Wildman–Crippen LogP) is 5.04. The van der Waals surface area contributed by atoms with Gasteiger partial charge in [0.1, 0.15) is 5.52 Å². The van der Waals surface area contributed by atoms with Gasteiger partial charge in [-0.25, -0.2) is 10.2 Å². The molecule has 4 aromatic rings. The average molecular weight is 394 g/mol. The smallest absolute Gasteiger partial charge is 0.267 e. The van der Waals surface area contributed by atoms with Gasteiger partial charge >= 0.3 is 0 Å². The Labute approximate surface area is 166 Å². The molecule has 1 aliphatic rings. The summed E-state index contributed by atoms with van der Waals surface area (Å²) < 4.78 is 3.90. The third-order valence-electron chi connectivity index (χ3n) is 5.46. The third kappa shape index (κ3) is 2.93. The summed E-state index contributed by atoms with van der Waals surface area (Å²) in [5, 5.41) is 15.2. The van der Waals surface area contributed by atoms with Crippen LogP contribution in [0.3, 0.4) is 0 Å². The van der Waals surface area contributed by atoms with Gasteiger partial charge in [-0.15, -0.1) is 0 Å². The fourth-order valence-electron chi connectivity index (χ4n) is 4.02. The van der Waals surface area contributed by atoms with Crippen molar-refractivity contribution in [1.82, 2.24) is 19.2 Å². The first-order chi connectivity index (χ1) is 13.1. The molecule has 1 aromatic carbocycles. The second kappa shape index (κ2) is 6.40. The summed E-state index contributed by atoms with van der Waals surface area (Å²) in [6.07, 6.45) is 10.4. The number of benzene rings is 1. The van der Waals surface area contributed by atoms with Crippen LogP contribution in [0.25, 0.3) is 26.3 Å². The van der Waals surface area contributed by atoms with Crippen molar-refractivity contribution in [2.45, 2.75) is 31.4 Å². The molecule has 3 aromatic heterocycles. The van der Waals surface area contributed by atoms with E-state index in [1.165, 1.54) is 0 Å². The quantitative estimate of drug-likeness (QED) is 0.448. The van der Waals surface area contributed by atoms with Crippen molar-refractivity contribution in [2.24, 2.45) is 7.05 Å². The lowest BCUT2D eigenvalue weighted by Crippen LogP contribution is -2.18. The van der Waals surface area contributed by atoms with Gasteiger partial charge < -0.3 is 0 Å². The fraction of sp³-hybridized carbons (Fsp3) is 0.316. The standard InChI is InChI=1S/C19H17BClN5S/c1-25-8-14-6-13(7-15(21)18(14)24-25)17-10-26-9-16(23-19(26)27-17)12-2-4-20(11-22)5-3-12/h6-10,12H,2-5H2,1H3. The van der Waals surface area contributed by atoms with Crippen molar-refractivity contribution in [2.75, 3.05) is 0 Å². The van der Waals surface area contributed by atoms with Crippen molar-refractivity contribution in [3.05, 3.63) is 41.4 Å². The van der Waals surface area contributed by atoms with E-state index in [1.807, 2.05) is 19.3 Å². The topological polar surface area (TPSA) is 58.9 Å². The minimum Gasteiger partial charge on any atom is -0.297 e. The van der Waals surface area contributed by atoms with Crippen molar-refractivity contribution in [3.8, 4) is 16.4 Å². The minimum atomic E-state index is 0.226. The summed E-state index contributed by atoms with van der Waals surface area (Å²) in [5.41, 5.74) is 3.08. The summed E-state index contributed by atoms with van der Waals surface area (Å²) in [6, 6.07) is 4.11. The van der Waals surface area contributed by atoms with Gasteiger partial charge in [0.15, 0.2) is 4.96 Å². The Morgan fingerprint density at radius 2 is 2.07 bits per heavy atom. The normalized spacial score (nSPS) is 15.7. The number of halogens is 1. The molecule has 8 heteroatoms. The van der Waals surface area contributed by atoms with Crippen molar-refractivity contribution in [1.29, 1.82) is 5.26 Å². The SMILES string of the molecule is Cn1cc2cc(-c3cn4cc(C5CCB(C#N)CC5)nc4s3)cc(Cl)c2n1. The van der Waals surface area contributed by atoms with Crippen LogP contribution in [0.15, 0.2) is 30.7 Å². The largest absolute Gasteiger partial charge is 0.297 e. The molecule has 0 atom stereocenters. The van der Waals surface area contributed by atoms with E-state index in [-0.39, 0.29) is 6.71 Å². The highest BCUT2D eigenvalue weighted by Crippen LogP contribution is 2.37. The number of imidazole rings is 1. The number of nitriles is 1. The molecule has 0 amide bonds. The Morgan fingerprint density at radius 3 is 2.81 bits per heavy atom. The van der Waals surface area contributed by atoms with E-state index >= 15 is 0 Å². The van der Waals surface area contributed by atoms with Gasteiger partial charge in [-0.2, -0.15) is 5.10 Å². The first-order valence-corrected chi connectivity index (χ1v) is 10.3. The lowest BCUT2D eigenvalue weighted by molar-refractivity contribution is 0.598. The Bertz CT molecular complexity index is 1160. The van der Waals surface area contributed by atoms with Gasteiger partial charge in [-0.05, 0) is 17.7 Å². The molecular formula is C19H17BClN5S. The van der Waals surface area contributed by atoms with Crippen LogP contribution in [-0.2, 0) is 7.05 Å². The molecule has 0 bridgehead atoms. The Morgan fingerprint density at radius 1 is 1.26 bits per heavy atom. The molecule has 1 saturated heterocycles. The van der Waals surface area contributed by atoms with E-state index in [0.717, 1.165) is 57.5 Å². The van der Waals surface area contributed by atoms with E-state index in [9.17, 15) is 0 Å². The van der Waals surface area contributed by atoms with Crippen LogP contribution in [0.1, 0.15) is 24.5 Å². The molecule has 0 aliphatic carbocycles. The molecule has 0 N–H and O–H groups in total. The molecule has 1 aliphatic heterocycles. The van der Waals surface area contributed by atoms with Crippen LogP contribution in [0, 0.1) is 11.2 Å². The molecule has 134 valence electrons. The van der Waals surface area contributed by atoms with Crippen LogP contribution in [0.4, 0.5) is 0 Å². The number of thiazole rings is 1. The molecule has 0 saturated carbocycles. The molecular weight excluding hydrogens is 377 g/mol. The van der Waals surface area contributed by atoms with Crippen LogP contribution in [-0.4, -0.2) is 25.9 Å². The second-order valence-electron chi connectivity index (χ2n) is 7.33. The average Bonchev–Trinajstić information content (AvgIpc) is 3.34. The van der Waals surface area contributed by atoms with Gasteiger partial charge in [0.05, 0.1) is 15.6 Å². The maximum Gasteiger partial charge on any atom is 0.267 e. The summed E-state index contributed by atoms with van der Waals surface area (Å²) in [6.45, 7) is 0.226. The molecule has 0 spiro atoms. The van der Waals surface area contributed by atoms with E-state index in [4.69, 9.17) is 21.8 Å². The number of hydrogen-bond donors (Lipinski definition) is 0. The number of rotatable bonds is 2. The van der Waals surface area contributed by atoms with Gasteiger partial charge in [0, 0.05) is 42.9 Å². The molecule has 0 unspecified atom stereocenters. The highest BCUT2D eigenvalue weighted by molar-refractivity contribution is 7.20. The first-order valence-electron chi connectivity index (χ1n) is 9.12. The van der Waals surface area contributed by atoms with E-state index in [0.29, 0.717) is 10.9 Å². The van der Waals surface area contributed by atoms with Crippen LogP contribution in [0.2, 0.25) is 17.7 Å². The monoisotopic (exact) mass is 393 g/mol. The van der Waals surface area contributed by atoms with Crippen LogP contribution < -0.4 is 0 Å². The highest BCUT2D eigenvalue weighted by atomic mass is 35.5. The predicted molar refractivity (Wildman–Crippen MR) is 111 cm³/mol. The number of aromatic nitrogens is 4. The summed E-state index contributed by atoms with van der Waals surface area (Å²) >= 11 is 8.11. The zero-order valence-corrected chi connectivity index (χ0v) is 16.5. The number of nitrogens with zero attached hydrogens (tertiary/aromatic N) is 5. The molecule has 5 rings (SSSR count). The maximum absolute atomic E-state index is 9.07. The zero-order valence-electron chi connectivity index (χ0n) is 14.9. The second-order valence-corrected chi connectivity index (χ2v) is 8.74. The van der Waals surface area contributed by atoms with Crippen LogP contribution in [0.5, 0.6) is 0 Å². The van der Waals surface area contributed by atoms with E-state index in [2.05, 4.69) is 33.9 Å². The number of hydrogen-bond acceptors (Lipinski definition) is 4.